The van der Waals surface area contributed by atoms with Crippen LogP contribution in [0, 0.1) is 6.92 Å². The topological polar surface area (TPSA) is 48.1 Å². The van der Waals surface area contributed by atoms with Gasteiger partial charge in [0, 0.05) is 22.6 Å². The number of hydrogen-bond acceptors (Lipinski definition) is 4. The van der Waals surface area contributed by atoms with Crippen LogP contribution in [0.1, 0.15) is 37.1 Å². The molecule has 0 radical (unpaired) electrons. The SMILES string of the molecule is C=C(/C=C(/N)OCCC)C(C)(C)c1cnc(C)s1. The van der Waals surface area contributed by atoms with Gasteiger partial charge in [0.15, 0.2) is 5.88 Å². The largest absolute Gasteiger partial charge is 0.479 e. The first-order valence-corrected chi connectivity index (χ1v) is 6.91. The Bertz CT molecular complexity index is 446. The molecule has 2 N–H and O–H groups in total. The number of allylic oxidation sites excluding steroid dienone is 2. The minimum Gasteiger partial charge on any atom is -0.479 e. The van der Waals surface area contributed by atoms with Gasteiger partial charge in [-0.1, -0.05) is 27.4 Å². The van der Waals surface area contributed by atoms with Crippen molar-refractivity contribution in [3.63, 3.8) is 0 Å². The van der Waals surface area contributed by atoms with Gasteiger partial charge in [0.25, 0.3) is 0 Å². The van der Waals surface area contributed by atoms with Crippen LogP contribution < -0.4 is 5.73 Å². The molecule has 4 heteroatoms. The van der Waals surface area contributed by atoms with Gasteiger partial charge in [0.05, 0.1) is 11.6 Å². The average molecular weight is 266 g/mol. The molecular weight excluding hydrogens is 244 g/mol. The Labute approximate surface area is 113 Å². The monoisotopic (exact) mass is 266 g/mol. The van der Waals surface area contributed by atoms with Gasteiger partial charge in [0.2, 0.25) is 0 Å². The van der Waals surface area contributed by atoms with E-state index in [0.717, 1.165) is 17.0 Å². The molecule has 0 aliphatic rings. The van der Waals surface area contributed by atoms with Gasteiger partial charge in [-0.3, -0.25) is 0 Å². The lowest BCUT2D eigenvalue weighted by Crippen LogP contribution is -2.18. The van der Waals surface area contributed by atoms with Crippen LogP contribution in [0.25, 0.3) is 0 Å². The van der Waals surface area contributed by atoms with Crippen molar-refractivity contribution in [1.29, 1.82) is 0 Å². The quantitative estimate of drug-likeness (QED) is 0.633. The zero-order valence-corrected chi connectivity index (χ0v) is 12.4. The molecule has 1 rings (SSSR count). The molecule has 1 aromatic rings. The molecular formula is C14H22N2OS. The second-order valence-electron chi connectivity index (χ2n) is 4.79. The highest BCUT2D eigenvalue weighted by molar-refractivity contribution is 7.11. The minimum atomic E-state index is -0.174. The van der Waals surface area contributed by atoms with Crippen molar-refractivity contribution in [2.24, 2.45) is 5.73 Å². The molecule has 0 unspecified atom stereocenters. The summed E-state index contributed by atoms with van der Waals surface area (Å²) in [4.78, 5) is 5.47. The summed E-state index contributed by atoms with van der Waals surface area (Å²) in [5.41, 5.74) is 6.56. The number of aryl methyl sites for hydroxylation is 1. The normalized spacial score (nSPS) is 12.6. The molecule has 0 aromatic carbocycles. The van der Waals surface area contributed by atoms with Crippen molar-refractivity contribution in [2.75, 3.05) is 6.61 Å². The number of rotatable bonds is 6. The predicted molar refractivity (Wildman–Crippen MR) is 77.5 cm³/mol. The van der Waals surface area contributed by atoms with E-state index in [2.05, 4.69) is 25.4 Å². The Morgan fingerprint density at radius 2 is 2.28 bits per heavy atom. The molecule has 0 atom stereocenters. The molecule has 1 aromatic heterocycles. The maximum Gasteiger partial charge on any atom is 0.184 e. The van der Waals surface area contributed by atoms with E-state index in [1.54, 1.807) is 11.3 Å². The van der Waals surface area contributed by atoms with Gasteiger partial charge >= 0.3 is 0 Å². The van der Waals surface area contributed by atoms with Crippen LogP contribution >= 0.6 is 11.3 Å². The van der Waals surface area contributed by atoms with E-state index < -0.39 is 0 Å². The molecule has 0 bridgehead atoms. The van der Waals surface area contributed by atoms with E-state index in [-0.39, 0.29) is 5.41 Å². The van der Waals surface area contributed by atoms with Crippen molar-refractivity contribution in [2.45, 2.75) is 39.5 Å². The van der Waals surface area contributed by atoms with Gasteiger partial charge < -0.3 is 10.5 Å². The third-order valence-electron chi connectivity index (χ3n) is 2.83. The highest BCUT2D eigenvalue weighted by Crippen LogP contribution is 2.34. The number of nitrogens with zero attached hydrogens (tertiary/aromatic N) is 1. The molecule has 3 nitrogen and oxygen atoms in total. The lowest BCUT2D eigenvalue weighted by molar-refractivity contribution is 0.209. The number of aromatic nitrogens is 1. The fourth-order valence-corrected chi connectivity index (χ4v) is 2.34. The Balaban J connectivity index is 2.82. The number of hydrogen-bond donors (Lipinski definition) is 1. The molecule has 0 spiro atoms. The van der Waals surface area contributed by atoms with Gasteiger partial charge in [-0.2, -0.15) is 0 Å². The summed E-state index contributed by atoms with van der Waals surface area (Å²) in [6.45, 7) is 13.0. The third kappa shape index (κ3) is 3.60. The van der Waals surface area contributed by atoms with E-state index in [1.165, 1.54) is 4.88 Å². The summed E-state index contributed by atoms with van der Waals surface area (Å²) < 4.78 is 5.36. The Kier molecular flexibility index (Phi) is 4.96. The fourth-order valence-electron chi connectivity index (χ4n) is 1.42. The van der Waals surface area contributed by atoms with Crippen LogP contribution in [-0.4, -0.2) is 11.6 Å². The van der Waals surface area contributed by atoms with Gasteiger partial charge in [-0.15, -0.1) is 11.3 Å². The second-order valence-corrected chi connectivity index (χ2v) is 6.02. The van der Waals surface area contributed by atoms with Crippen LogP contribution in [0.15, 0.2) is 30.3 Å². The first kappa shape index (κ1) is 14.8. The summed E-state index contributed by atoms with van der Waals surface area (Å²) in [5.74, 6) is 0.427. The van der Waals surface area contributed by atoms with Gasteiger partial charge in [-0.25, -0.2) is 4.98 Å². The molecule has 1 heterocycles. The van der Waals surface area contributed by atoms with E-state index in [4.69, 9.17) is 10.5 Å². The van der Waals surface area contributed by atoms with Crippen molar-refractivity contribution in [3.05, 3.63) is 40.2 Å². The van der Waals surface area contributed by atoms with Gasteiger partial charge in [-0.05, 0) is 18.9 Å². The van der Waals surface area contributed by atoms with E-state index >= 15 is 0 Å². The lowest BCUT2D eigenvalue weighted by Gasteiger charge is -2.24. The molecule has 100 valence electrons. The van der Waals surface area contributed by atoms with Crippen LogP contribution in [0.5, 0.6) is 0 Å². The first-order chi connectivity index (χ1) is 8.37. The number of thiazole rings is 1. The molecule has 18 heavy (non-hydrogen) atoms. The third-order valence-corrected chi connectivity index (χ3v) is 4.07. The summed E-state index contributed by atoms with van der Waals surface area (Å²) in [6, 6.07) is 0. The Hall–Kier alpha value is -1.29. The van der Waals surface area contributed by atoms with Crippen molar-refractivity contribution >= 4 is 11.3 Å². The summed E-state index contributed by atoms with van der Waals surface area (Å²) in [5, 5.41) is 1.06. The molecule has 0 aliphatic heterocycles. The molecule has 0 saturated carbocycles. The predicted octanol–water partition coefficient (Wildman–Crippen LogP) is 3.51. The molecule has 0 saturated heterocycles. The number of nitrogens with two attached hydrogens (primary N) is 1. The average Bonchev–Trinajstić information content (AvgIpc) is 2.73. The summed E-state index contributed by atoms with van der Waals surface area (Å²) in [7, 11) is 0. The summed E-state index contributed by atoms with van der Waals surface area (Å²) in [6.07, 6.45) is 4.66. The number of ether oxygens (including phenoxy) is 1. The highest BCUT2D eigenvalue weighted by Gasteiger charge is 2.25. The zero-order valence-electron chi connectivity index (χ0n) is 11.6. The molecule has 0 aliphatic carbocycles. The van der Waals surface area contributed by atoms with E-state index in [0.29, 0.717) is 12.5 Å². The minimum absolute atomic E-state index is 0.174. The van der Waals surface area contributed by atoms with Crippen LogP contribution in [0.4, 0.5) is 0 Å². The maximum absolute atomic E-state index is 5.81. The second kappa shape index (κ2) is 6.05. The lowest BCUT2D eigenvalue weighted by atomic mass is 9.84. The van der Waals surface area contributed by atoms with Crippen molar-refractivity contribution in [1.82, 2.24) is 4.98 Å². The molecule has 0 amide bonds. The Morgan fingerprint density at radius 1 is 1.61 bits per heavy atom. The van der Waals surface area contributed by atoms with E-state index in [9.17, 15) is 0 Å². The fraction of sp³-hybridized carbons (Fsp3) is 0.500. The molecule has 0 fully saturated rings. The highest BCUT2D eigenvalue weighted by atomic mass is 32.1. The standard InChI is InChI=1S/C14H22N2OS/c1-6-7-17-13(15)8-10(2)14(4,5)12-9-16-11(3)18-12/h8-9H,2,6-7,15H2,1,3-5H3/b13-8-. The summed E-state index contributed by atoms with van der Waals surface area (Å²) >= 11 is 1.69. The first-order valence-electron chi connectivity index (χ1n) is 6.10. The van der Waals surface area contributed by atoms with Crippen LogP contribution in [0.2, 0.25) is 0 Å². The van der Waals surface area contributed by atoms with Crippen LogP contribution in [-0.2, 0) is 10.2 Å². The maximum atomic E-state index is 5.81. The van der Waals surface area contributed by atoms with E-state index in [1.807, 2.05) is 26.1 Å². The van der Waals surface area contributed by atoms with Crippen molar-refractivity contribution < 1.29 is 4.74 Å². The smallest absolute Gasteiger partial charge is 0.184 e. The van der Waals surface area contributed by atoms with Gasteiger partial charge in [0.1, 0.15) is 0 Å². The zero-order chi connectivity index (χ0) is 13.8. The van der Waals surface area contributed by atoms with Crippen molar-refractivity contribution in [3.8, 4) is 0 Å². The van der Waals surface area contributed by atoms with Crippen LogP contribution in [0.3, 0.4) is 0 Å². The Morgan fingerprint density at radius 3 is 2.78 bits per heavy atom.